The highest BCUT2D eigenvalue weighted by molar-refractivity contribution is 5.36. The minimum Gasteiger partial charge on any atom is -0.496 e. The first kappa shape index (κ1) is 14.4. The highest BCUT2D eigenvalue weighted by atomic mass is 16.5. The van der Waals surface area contributed by atoms with Crippen LogP contribution in [-0.2, 0) is 6.54 Å². The first-order valence-electron chi connectivity index (χ1n) is 7.53. The molecule has 0 atom stereocenters. The maximum absolute atomic E-state index is 5.43. The van der Waals surface area contributed by atoms with Gasteiger partial charge in [-0.25, -0.2) is 0 Å². The third-order valence-corrected chi connectivity index (χ3v) is 4.67. The number of nitrogens with one attached hydrogen (secondary N) is 1. The molecule has 0 spiro atoms. The molecular weight excluding hydrogens is 234 g/mol. The van der Waals surface area contributed by atoms with Crippen LogP contribution in [0, 0.1) is 12.3 Å². The number of methoxy groups -OCH3 is 1. The third-order valence-electron chi connectivity index (χ3n) is 4.67. The van der Waals surface area contributed by atoms with Crippen LogP contribution in [0.2, 0.25) is 0 Å². The van der Waals surface area contributed by atoms with Gasteiger partial charge in [-0.3, -0.25) is 0 Å². The second-order valence-corrected chi connectivity index (χ2v) is 5.98. The summed E-state index contributed by atoms with van der Waals surface area (Å²) in [7, 11) is 1.75. The van der Waals surface area contributed by atoms with E-state index in [2.05, 4.69) is 37.4 Å². The van der Waals surface area contributed by atoms with E-state index >= 15 is 0 Å². The first-order valence-corrected chi connectivity index (χ1v) is 7.53. The Kier molecular flexibility index (Phi) is 4.87. The summed E-state index contributed by atoms with van der Waals surface area (Å²) in [5.41, 5.74) is 3.12. The van der Waals surface area contributed by atoms with Gasteiger partial charge < -0.3 is 10.1 Å². The van der Waals surface area contributed by atoms with Gasteiger partial charge >= 0.3 is 0 Å². The summed E-state index contributed by atoms with van der Waals surface area (Å²) < 4.78 is 5.43. The van der Waals surface area contributed by atoms with Gasteiger partial charge in [-0.05, 0) is 37.7 Å². The van der Waals surface area contributed by atoms with Crippen molar-refractivity contribution >= 4 is 0 Å². The van der Waals surface area contributed by atoms with Crippen LogP contribution in [0.1, 0.15) is 50.2 Å². The predicted molar refractivity (Wildman–Crippen MR) is 80.6 cm³/mol. The molecule has 106 valence electrons. The molecule has 0 aliphatic heterocycles. The highest BCUT2D eigenvalue weighted by Gasteiger charge is 2.31. The van der Waals surface area contributed by atoms with Crippen LogP contribution in [0.25, 0.3) is 0 Å². The van der Waals surface area contributed by atoms with Crippen LogP contribution < -0.4 is 10.1 Å². The van der Waals surface area contributed by atoms with Gasteiger partial charge in [0.1, 0.15) is 5.75 Å². The monoisotopic (exact) mass is 261 g/mol. The summed E-state index contributed by atoms with van der Waals surface area (Å²) in [6, 6.07) is 6.39. The molecule has 1 N–H and O–H groups in total. The Morgan fingerprint density at radius 2 is 2.00 bits per heavy atom. The zero-order valence-electron chi connectivity index (χ0n) is 12.6. The number of hydrogen-bond acceptors (Lipinski definition) is 2. The van der Waals surface area contributed by atoms with Crippen molar-refractivity contribution < 1.29 is 4.74 Å². The minimum atomic E-state index is 0.553. The molecule has 0 radical (unpaired) electrons. The molecule has 19 heavy (non-hydrogen) atoms. The van der Waals surface area contributed by atoms with Crippen molar-refractivity contribution in [1.29, 1.82) is 0 Å². The second kappa shape index (κ2) is 6.42. The molecule has 1 aliphatic carbocycles. The number of ether oxygens (including phenoxy) is 1. The predicted octanol–water partition coefficient (Wildman–Crippen LogP) is 4.06. The molecule has 1 saturated carbocycles. The lowest BCUT2D eigenvalue weighted by molar-refractivity contribution is 0.267. The number of rotatable bonds is 6. The fourth-order valence-corrected chi connectivity index (χ4v) is 3.29. The van der Waals surface area contributed by atoms with Crippen LogP contribution in [0.5, 0.6) is 5.75 Å². The lowest BCUT2D eigenvalue weighted by Gasteiger charge is -2.28. The maximum Gasteiger partial charge on any atom is 0.123 e. The normalized spacial score (nSPS) is 17.6. The standard InChI is InChI=1S/C17H27NO/c1-4-17(9-5-6-10-17)13-18-12-15-11-14(2)7-8-16(15)19-3/h7-8,11,18H,4-6,9-10,12-13H2,1-3H3. The SMILES string of the molecule is CCC1(CNCc2cc(C)ccc2OC)CCCC1. The molecule has 2 rings (SSSR count). The zero-order valence-corrected chi connectivity index (χ0v) is 12.6. The van der Waals surface area contributed by atoms with E-state index in [9.17, 15) is 0 Å². The first-order chi connectivity index (χ1) is 9.19. The van der Waals surface area contributed by atoms with Crippen molar-refractivity contribution in [2.24, 2.45) is 5.41 Å². The van der Waals surface area contributed by atoms with Crippen LogP contribution in [0.4, 0.5) is 0 Å². The molecule has 0 heterocycles. The van der Waals surface area contributed by atoms with Crippen LogP contribution in [-0.4, -0.2) is 13.7 Å². The summed E-state index contributed by atoms with van der Waals surface area (Å²) in [5, 5.41) is 3.66. The summed E-state index contributed by atoms with van der Waals surface area (Å²) >= 11 is 0. The van der Waals surface area contributed by atoms with Crippen molar-refractivity contribution in [2.75, 3.05) is 13.7 Å². The molecule has 1 aromatic rings. The molecular formula is C17H27NO. The minimum absolute atomic E-state index is 0.553. The van der Waals surface area contributed by atoms with E-state index in [4.69, 9.17) is 4.74 Å². The molecule has 0 amide bonds. The average molecular weight is 261 g/mol. The largest absolute Gasteiger partial charge is 0.496 e. The summed E-state index contributed by atoms with van der Waals surface area (Å²) in [5.74, 6) is 0.995. The molecule has 1 fully saturated rings. The van der Waals surface area contributed by atoms with E-state index < -0.39 is 0 Å². The molecule has 0 unspecified atom stereocenters. The molecule has 0 bridgehead atoms. The van der Waals surface area contributed by atoms with Crippen molar-refractivity contribution in [2.45, 2.75) is 52.5 Å². The number of hydrogen-bond donors (Lipinski definition) is 1. The average Bonchev–Trinajstić information content (AvgIpc) is 2.88. The topological polar surface area (TPSA) is 21.3 Å². The fourth-order valence-electron chi connectivity index (χ4n) is 3.29. The van der Waals surface area contributed by atoms with Crippen LogP contribution in [0.3, 0.4) is 0 Å². The summed E-state index contributed by atoms with van der Waals surface area (Å²) in [6.07, 6.45) is 6.89. The van der Waals surface area contributed by atoms with E-state index in [-0.39, 0.29) is 0 Å². The fraction of sp³-hybridized carbons (Fsp3) is 0.647. The van der Waals surface area contributed by atoms with E-state index in [0.717, 1.165) is 18.8 Å². The van der Waals surface area contributed by atoms with E-state index in [1.807, 2.05) is 0 Å². The Bertz CT molecular complexity index is 408. The third kappa shape index (κ3) is 3.50. The van der Waals surface area contributed by atoms with Gasteiger partial charge in [0.25, 0.3) is 0 Å². The molecule has 0 aromatic heterocycles. The summed E-state index contributed by atoms with van der Waals surface area (Å²) in [6.45, 7) is 6.51. The van der Waals surface area contributed by atoms with Crippen molar-refractivity contribution in [3.63, 3.8) is 0 Å². The Balaban J connectivity index is 1.93. The number of aryl methyl sites for hydroxylation is 1. The van der Waals surface area contributed by atoms with E-state index in [1.54, 1.807) is 7.11 Å². The molecule has 2 heteroatoms. The quantitative estimate of drug-likeness (QED) is 0.833. The van der Waals surface area contributed by atoms with Gasteiger partial charge in [-0.1, -0.05) is 37.5 Å². The Morgan fingerprint density at radius 3 is 2.63 bits per heavy atom. The van der Waals surface area contributed by atoms with Gasteiger partial charge in [-0.2, -0.15) is 0 Å². The Hall–Kier alpha value is -1.02. The van der Waals surface area contributed by atoms with Crippen LogP contribution >= 0.6 is 0 Å². The molecule has 2 nitrogen and oxygen atoms in total. The smallest absolute Gasteiger partial charge is 0.123 e. The van der Waals surface area contributed by atoms with Gasteiger partial charge in [0, 0.05) is 18.7 Å². The van der Waals surface area contributed by atoms with Crippen molar-refractivity contribution in [3.05, 3.63) is 29.3 Å². The van der Waals surface area contributed by atoms with Gasteiger partial charge in [0.15, 0.2) is 0 Å². The highest BCUT2D eigenvalue weighted by Crippen LogP contribution is 2.40. The van der Waals surface area contributed by atoms with Gasteiger partial charge in [-0.15, -0.1) is 0 Å². The zero-order chi connectivity index (χ0) is 13.7. The molecule has 0 saturated heterocycles. The van der Waals surface area contributed by atoms with Gasteiger partial charge in [0.05, 0.1) is 7.11 Å². The van der Waals surface area contributed by atoms with Crippen LogP contribution in [0.15, 0.2) is 18.2 Å². The Labute approximate surface area is 117 Å². The van der Waals surface area contributed by atoms with Crippen molar-refractivity contribution in [1.82, 2.24) is 5.32 Å². The molecule has 1 aliphatic rings. The number of benzene rings is 1. The Morgan fingerprint density at radius 1 is 1.26 bits per heavy atom. The van der Waals surface area contributed by atoms with Crippen molar-refractivity contribution in [3.8, 4) is 5.75 Å². The lowest BCUT2D eigenvalue weighted by Crippen LogP contribution is -2.31. The van der Waals surface area contributed by atoms with E-state index in [0.29, 0.717) is 5.41 Å². The maximum atomic E-state index is 5.43. The van der Waals surface area contributed by atoms with E-state index in [1.165, 1.54) is 43.2 Å². The summed E-state index contributed by atoms with van der Waals surface area (Å²) in [4.78, 5) is 0. The second-order valence-electron chi connectivity index (χ2n) is 5.98. The lowest BCUT2D eigenvalue weighted by atomic mass is 9.83. The van der Waals surface area contributed by atoms with Gasteiger partial charge in [0.2, 0.25) is 0 Å². The molecule has 1 aromatic carbocycles.